The van der Waals surface area contributed by atoms with Gasteiger partial charge in [-0.15, -0.1) is 11.3 Å². The van der Waals surface area contributed by atoms with Crippen molar-refractivity contribution in [1.82, 2.24) is 29.4 Å². The first-order chi connectivity index (χ1) is 24.7. The van der Waals surface area contributed by atoms with Crippen LogP contribution in [0.3, 0.4) is 0 Å². The van der Waals surface area contributed by atoms with Gasteiger partial charge < -0.3 is 34.9 Å². The van der Waals surface area contributed by atoms with Gasteiger partial charge in [-0.3, -0.25) is 9.59 Å². The zero-order valence-corrected chi connectivity index (χ0v) is 30.6. The molecule has 7 heterocycles. The Morgan fingerprint density at radius 1 is 1.17 bits per heavy atom. The summed E-state index contributed by atoms with van der Waals surface area (Å²) in [6, 6.07) is 6.11. The number of nitrogens with one attached hydrogen (secondary N) is 1. The molecule has 3 aliphatic heterocycles. The van der Waals surface area contributed by atoms with Crippen molar-refractivity contribution in [2.75, 3.05) is 30.3 Å². The molecule has 4 atom stereocenters. The van der Waals surface area contributed by atoms with Crippen molar-refractivity contribution in [1.29, 1.82) is 0 Å². The van der Waals surface area contributed by atoms with Gasteiger partial charge in [0.05, 0.1) is 22.3 Å². The topological polar surface area (TPSA) is 149 Å². The monoisotopic (exact) mass is 758 g/mol. The molecular formula is C35H41ClF2N8O5S. The van der Waals surface area contributed by atoms with Crippen molar-refractivity contribution >= 4 is 52.0 Å². The lowest BCUT2D eigenvalue weighted by atomic mass is 9.78. The van der Waals surface area contributed by atoms with Crippen LogP contribution in [0.1, 0.15) is 62.5 Å². The first kappa shape index (κ1) is 35.9. The fourth-order valence-electron chi connectivity index (χ4n) is 7.54. The summed E-state index contributed by atoms with van der Waals surface area (Å²) in [5.41, 5.74) is 7.55. The lowest BCUT2D eigenvalue weighted by Crippen LogP contribution is -2.58. The predicted molar refractivity (Wildman–Crippen MR) is 194 cm³/mol. The molecule has 4 fully saturated rings. The van der Waals surface area contributed by atoms with E-state index in [1.807, 2.05) is 31.7 Å². The fourth-order valence-corrected chi connectivity index (χ4v) is 8.59. The number of amides is 2. The standard InChI is InChI=1S/C35H41ClF2N8O5S/c1-35(2,3)51-34(49)45-15-20-6-8-22(45)11-25(20)50-26-13-27(36)52-31(26)33(48)42-21-5-4-10-43(16-21)24-12-23(46-30(24)32(39)40-18-41-46)19-7-9-29(47)44(14-19)17-28(37)38/h7,9,12-14,18,20-22,25,28H,4-6,8,10-11,15-17H2,1-3H3,(H,42,48)(H2,39,40,41)/t20?,21-,22?,25?/m1/s1. The lowest BCUT2D eigenvalue weighted by Gasteiger charge is -2.48. The first-order valence-corrected chi connectivity index (χ1v) is 18.6. The maximum Gasteiger partial charge on any atom is 0.410 e. The summed E-state index contributed by atoms with van der Waals surface area (Å²) in [6.45, 7) is 6.48. The van der Waals surface area contributed by atoms with Crippen LogP contribution in [0.4, 0.5) is 25.1 Å². The highest BCUT2D eigenvalue weighted by Gasteiger charge is 2.45. The van der Waals surface area contributed by atoms with Crippen LogP contribution in [0.25, 0.3) is 16.8 Å². The molecule has 3 N–H and O–H groups in total. The molecule has 13 nitrogen and oxygen atoms in total. The maximum absolute atomic E-state index is 13.8. The minimum Gasteiger partial charge on any atom is -0.488 e. The van der Waals surface area contributed by atoms with Crippen LogP contribution >= 0.6 is 22.9 Å². The molecule has 3 unspecified atom stereocenters. The molecule has 8 rings (SSSR count). The quantitative estimate of drug-likeness (QED) is 0.231. The number of nitrogen functional groups attached to an aromatic ring is 1. The normalized spacial score (nSPS) is 21.9. The number of nitrogens with two attached hydrogens (primary N) is 1. The fraction of sp³-hybridized carbons (Fsp3) is 0.514. The molecule has 2 amide bonds. The van der Waals surface area contributed by atoms with E-state index in [4.69, 9.17) is 26.8 Å². The van der Waals surface area contributed by atoms with Gasteiger partial charge in [0.1, 0.15) is 34.2 Å². The number of carbonyl (C=O) groups excluding carboxylic acids is 2. The van der Waals surface area contributed by atoms with Gasteiger partial charge in [-0.25, -0.2) is 23.1 Å². The van der Waals surface area contributed by atoms with Gasteiger partial charge in [0, 0.05) is 67.9 Å². The number of hydrogen-bond acceptors (Lipinski definition) is 10. The van der Waals surface area contributed by atoms with Crippen LogP contribution in [0.5, 0.6) is 5.75 Å². The summed E-state index contributed by atoms with van der Waals surface area (Å²) in [4.78, 5) is 47.4. The average Bonchev–Trinajstić information content (AvgIpc) is 3.66. The number of piperidine rings is 3. The zero-order valence-electron chi connectivity index (χ0n) is 29.1. The number of aromatic nitrogens is 4. The highest BCUT2D eigenvalue weighted by Crippen LogP contribution is 2.41. The van der Waals surface area contributed by atoms with E-state index in [9.17, 15) is 23.2 Å². The van der Waals surface area contributed by atoms with E-state index in [0.29, 0.717) is 57.8 Å². The number of nitrogens with zero attached hydrogens (tertiary/aromatic N) is 6. The Morgan fingerprint density at radius 3 is 2.71 bits per heavy atom. The minimum absolute atomic E-state index is 0.000618. The molecule has 17 heteroatoms. The summed E-state index contributed by atoms with van der Waals surface area (Å²) in [5, 5.41) is 7.58. The van der Waals surface area contributed by atoms with E-state index in [2.05, 4.69) is 20.3 Å². The van der Waals surface area contributed by atoms with Crippen molar-refractivity contribution in [2.45, 2.75) is 89.6 Å². The molecule has 1 aliphatic carbocycles. The van der Waals surface area contributed by atoms with Crippen LogP contribution in [-0.4, -0.2) is 85.9 Å². The van der Waals surface area contributed by atoms with E-state index >= 15 is 0 Å². The van der Waals surface area contributed by atoms with Crippen LogP contribution in [-0.2, 0) is 11.3 Å². The molecule has 0 radical (unpaired) electrons. The Bertz CT molecular complexity index is 2050. The Hall–Kier alpha value is -4.44. The molecule has 4 aromatic rings. The number of halogens is 3. The number of carbonyl (C=O) groups is 2. The van der Waals surface area contributed by atoms with Crippen molar-refractivity contribution in [3.05, 3.63) is 56.4 Å². The van der Waals surface area contributed by atoms with Gasteiger partial charge in [-0.1, -0.05) is 11.6 Å². The van der Waals surface area contributed by atoms with Crippen molar-refractivity contribution in [3.8, 4) is 17.0 Å². The van der Waals surface area contributed by atoms with Crippen LogP contribution in [0.2, 0.25) is 4.34 Å². The van der Waals surface area contributed by atoms with Crippen molar-refractivity contribution < 1.29 is 27.8 Å². The molecule has 4 aromatic heterocycles. The van der Waals surface area contributed by atoms with Gasteiger partial charge in [-0.2, -0.15) is 5.10 Å². The molecule has 1 saturated carbocycles. The number of hydrogen-bond donors (Lipinski definition) is 2. The first-order valence-electron chi connectivity index (χ1n) is 17.4. The van der Waals surface area contributed by atoms with Gasteiger partial charge in [0.15, 0.2) is 5.82 Å². The third-order valence-corrected chi connectivity index (χ3v) is 11.1. The molecule has 3 saturated heterocycles. The summed E-state index contributed by atoms with van der Waals surface area (Å²) >= 11 is 7.61. The van der Waals surface area contributed by atoms with E-state index in [0.717, 1.165) is 47.3 Å². The highest BCUT2D eigenvalue weighted by molar-refractivity contribution is 7.18. The van der Waals surface area contributed by atoms with Crippen LogP contribution in [0.15, 0.2) is 41.6 Å². The Kier molecular flexibility index (Phi) is 9.80. The number of pyridine rings is 1. The van der Waals surface area contributed by atoms with Crippen molar-refractivity contribution in [3.63, 3.8) is 0 Å². The molecule has 278 valence electrons. The minimum atomic E-state index is -2.70. The lowest BCUT2D eigenvalue weighted by molar-refractivity contribution is -0.0502. The van der Waals surface area contributed by atoms with Crippen molar-refractivity contribution in [2.24, 2.45) is 5.92 Å². The molecule has 4 aliphatic rings. The predicted octanol–water partition coefficient (Wildman–Crippen LogP) is 5.69. The number of fused-ring (bicyclic) bond motifs is 4. The Morgan fingerprint density at radius 2 is 1.98 bits per heavy atom. The second-order valence-electron chi connectivity index (χ2n) is 14.6. The van der Waals surface area contributed by atoms with E-state index in [1.54, 1.807) is 16.6 Å². The van der Waals surface area contributed by atoms with E-state index in [1.165, 1.54) is 18.6 Å². The number of anilines is 2. The smallest absolute Gasteiger partial charge is 0.410 e. The van der Waals surface area contributed by atoms with Crippen LogP contribution < -0.4 is 26.2 Å². The Labute approximate surface area is 307 Å². The average molecular weight is 759 g/mol. The third-order valence-electron chi connectivity index (χ3n) is 9.83. The summed E-state index contributed by atoms with van der Waals surface area (Å²) in [5.74, 6) is 0.471. The molecule has 52 heavy (non-hydrogen) atoms. The maximum atomic E-state index is 13.8. The van der Waals surface area contributed by atoms with Gasteiger partial charge in [0.25, 0.3) is 17.9 Å². The SMILES string of the molecule is CC(C)(C)OC(=O)N1CC2CCC1CC2Oc1cc(Cl)sc1C(=O)N[C@@H]1CCCN(c2cc(-c3ccc(=O)n(CC(F)F)c3)n3ncnc(N)c23)C1. The number of alkyl halides is 2. The highest BCUT2D eigenvalue weighted by atomic mass is 35.5. The molecule has 0 aromatic carbocycles. The van der Waals surface area contributed by atoms with Crippen LogP contribution in [0, 0.1) is 5.92 Å². The summed E-state index contributed by atoms with van der Waals surface area (Å²) < 4.78 is 41.5. The van der Waals surface area contributed by atoms with Gasteiger partial charge in [0.2, 0.25) is 0 Å². The molecular weight excluding hydrogens is 718 g/mol. The number of thiophene rings is 1. The third kappa shape index (κ3) is 7.40. The van der Waals surface area contributed by atoms with E-state index < -0.39 is 24.1 Å². The van der Waals surface area contributed by atoms with Gasteiger partial charge in [-0.05, 0) is 58.6 Å². The number of ether oxygens (including phenoxy) is 2. The Balaban J connectivity index is 1.06. The number of rotatable bonds is 8. The van der Waals surface area contributed by atoms with E-state index in [-0.39, 0.29) is 41.9 Å². The zero-order chi connectivity index (χ0) is 36.9. The molecule has 0 spiro atoms. The largest absolute Gasteiger partial charge is 0.488 e. The van der Waals surface area contributed by atoms with Gasteiger partial charge >= 0.3 is 6.09 Å². The summed E-state index contributed by atoms with van der Waals surface area (Å²) in [6.07, 6.45) is 3.45. The molecule has 2 bridgehead atoms. The second-order valence-corrected chi connectivity index (χ2v) is 16.3. The second kappa shape index (κ2) is 14.2. The summed E-state index contributed by atoms with van der Waals surface area (Å²) in [7, 11) is 0.